The lowest BCUT2D eigenvalue weighted by atomic mass is 9.95. The Hall–Kier alpha value is -2.58. The number of benzene rings is 3. The predicted molar refractivity (Wildman–Crippen MR) is 103 cm³/mol. The van der Waals surface area contributed by atoms with Crippen LogP contribution in [-0.4, -0.2) is 6.29 Å². The molecule has 3 rings (SSSR count). The standard InChI is InChI=1S/C22H19ClO2/c1-15-4-3-5-16(2)22(15)18-8-11-21(23)19(12-18)14-25-20-9-6-17(13-24)7-10-20/h3-13H,14H2,1-2H3. The third-order valence-corrected chi connectivity index (χ3v) is 4.59. The van der Waals surface area contributed by atoms with Gasteiger partial charge in [-0.3, -0.25) is 4.79 Å². The number of carbonyl (C=O) groups excluding carboxylic acids is 1. The SMILES string of the molecule is Cc1cccc(C)c1-c1ccc(Cl)c(COc2ccc(C=O)cc2)c1. The van der Waals surface area contributed by atoms with Gasteiger partial charge in [0.15, 0.2) is 0 Å². The first-order chi connectivity index (χ1) is 12.1. The lowest BCUT2D eigenvalue weighted by Crippen LogP contribution is -1.98. The molecule has 0 radical (unpaired) electrons. The number of hydrogen-bond donors (Lipinski definition) is 0. The highest BCUT2D eigenvalue weighted by molar-refractivity contribution is 6.31. The summed E-state index contributed by atoms with van der Waals surface area (Å²) in [6.45, 7) is 4.60. The van der Waals surface area contributed by atoms with E-state index in [1.165, 1.54) is 16.7 Å². The highest BCUT2D eigenvalue weighted by Gasteiger charge is 2.09. The molecule has 0 saturated carbocycles. The van der Waals surface area contributed by atoms with Crippen molar-refractivity contribution in [3.63, 3.8) is 0 Å². The van der Waals surface area contributed by atoms with Crippen LogP contribution in [0.15, 0.2) is 60.7 Å². The number of hydrogen-bond acceptors (Lipinski definition) is 2. The summed E-state index contributed by atoms with van der Waals surface area (Å²) in [5, 5.41) is 0.680. The van der Waals surface area contributed by atoms with E-state index < -0.39 is 0 Å². The average molecular weight is 351 g/mol. The van der Waals surface area contributed by atoms with Gasteiger partial charge in [0.25, 0.3) is 0 Å². The van der Waals surface area contributed by atoms with Gasteiger partial charge in [-0.1, -0.05) is 35.9 Å². The molecule has 0 fully saturated rings. The van der Waals surface area contributed by atoms with Crippen molar-refractivity contribution < 1.29 is 9.53 Å². The third-order valence-electron chi connectivity index (χ3n) is 4.23. The molecule has 3 heteroatoms. The summed E-state index contributed by atoms with van der Waals surface area (Å²) in [5.74, 6) is 0.708. The zero-order valence-electron chi connectivity index (χ0n) is 14.3. The summed E-state index contributed by atoms with van der Waals surface area (Å²) in [6, 6.07) is 19.4. The van der Waals surface area contributed by atoms with Crippen molar-refractivity contribution in [3.05, 3.63) is 87.9 Å². The Balaban J connectivity index is 1.85. The van der Waals surface area contributed by atoms with E-state index in [0.29, 0.717) is 22.9 Å². The van der Waals surface area contributed by atoms with E-state index >= 15 is 0 Å². The molecule has 0 amide bonds. The zero-order chi connectivity index (χ0) is 17.8. The number of halogens is 1. The largest absolute Gasteiger partial charge is 0.489 e. The minimum atomic E-state index is 0.373. The summed E-state index contributed by atoms with van der Waals surface area (Å²) in [7, 11) is 0. The van der Waals surface area contributed by atoms with Gasteiger partial charge in [0, 0.05) is 16.1 Å². The second kappa shape index (κ2) is 7.54. The van der Waals surface area contributed by atoms with Crippen LogP contribution in [0.3, 0.4) is 0 Å². The van der Waals surface area contributed by atoms with Crippen LogP contribution in [0, 0.1) is 13.8 Å². The molecule has 0 aliphatic heterocycles. The minimum absolute atomic E-state index is 0.373. The Morgan fingerprint density at radius 2 is 1.64 bits per heavy atom. The molecule has 3 aromatic rings. The molecule has 0 aliphatic carbocycles. The summed E-state index contributed by atoms with van der Waals surface area (Å²) in [5.41, 5.74) is 6.40. The topological polar surface area (TPSA) is 26.3 Å². The van der Waals surface area contributed by atoms with E-state index in [4.69, 9.17) is 16.3 Å². The third kappa shape index (κ3) is 3.92. The fourth-order valence-electron chi connectivity index (χ4n) is 2.91. The number of aldehydes is 1. The normalized spacial score (nSPS) is 10.5. The molecule has 25 heavy (non-hydrogen) atoms. The van der Waals surface area contributed by atoms with Gasteiger partial charge in [-0.2, -0.15) is 0 Å². The Bertz CT molecular complexity index is 878. The number of ether oxygens (including phenoxy) is 1. The second-order valence-electron chi connectivity index (χ2n) is 6.05. The molecule has 3 aromatic carbocycles. The van der Waals surface area contributed by atoms with Crippen molar-refractivity contribution in [2.45, 2.75) is 20.5 Å². The summed E-state index contributed by atoms with van der Waals surface area (Å²) >= 11 is 6.35. The van der Waals surface area contributed by atoms with Crippen molar-refractivity contribution in [2.75, 3.05) is 0 Å². The van der Waals surface area contributed by atoms with Gasteiger partial charge in [0.1, 0.15) is 18.6 Å². The number of carbonyl (C=O) groups is 1. The Kier molecular flexibility index (Phi) is 5.20. The van der Waals surface area contributed by atoms with Crippen LogP contribution in [0.4, 0.5) is 0 Å². The van der Waals surface area contributed by atoms with Crippen molar-refractivity contribution >= 4 is 17.9 Å². The van der Waals surface area contributed by atoms with Crippen molar-refractivity contribution in [3.8, 4) is 16.9 Å². The smallest absolute Gasteiger partial charge is 0.150 e. The van der Waals surface area contributed by atoms with E-state index in [-0.39, 0.29) is 0 Å². The molecule has 0 heterocycles. The van der Waals surface area contributed by atoms with Gasteiger partial charge in [-0.25, -0.2) is 0 Å². The van der Waals surface area contributed by atoms with Gasteiger partial charge >= 0.3 is 0 Å². The number of aryl methyl sites for hydroxylation is 2. The molecule has 0 bridgehead atoms. The molecule has 0 N–H and O–H groups in total. The first-order valence-electron chi connectivity index (χ1n) is 8.11. The first kappa shape index (κ1) is 17.2. The maximum Gasteiger partial charge on any atom is 0.150 e. The molecule has 0 aromatic heterocycles. The molecular weight excluding hydrogens is 332 g/mol. The Morgan fingerprint density at radius 1 is 0.960 bits per heavy atom. The van der Waals surface area contributed by atoms with Crippen LogP contribution in [-0.2, 0) is 6.61 Å². The Labute approximate surface area is 153 Å². The molecule has 0 spiro atoms. The molecule has 0 atom stereocenters. The maximum absolute atomic E-state index is 10.7. The van der Waals surface area contributed by atoms with Gasteiger partial charge in [0.2, 0.25) is 0 Å². The van der Waals surface area contributed by atoms with E-state index in [2.05, 4.69) is 38.1 Å². The molecule has 0 aliphatic rings. The van der Waals surface area contributed by atoms with Crippen LogP contribution >= 0.6 is 11.6 Å². The van der Waals surface area contributed by atoms with Crippen LogP contribution in [0.1, 0.15) is 27.0 Å². The van der Waals surface area contributed by atoms with Crippen LogP contribution < -0.4 is 4.74 Å². The fraction of sp³-hybridized carbons (Fsp3) is 0.136. The summed E-state index contributed by atoms with van der Waals surface area (Å²) in [6.07, 6.45) is 0.814. The van der Waals surface area contributed by atoms with E-state index in [0.717, 1.165) is 17.4 Å². The monoisotopic (exact) mass is 350 g/mol. The molecular formula is C22H19ClO2. The van der Waals surface area contributed by atoms with E-state index in [1.54, 1.807) is 24.3 Å². The van der Waals surface area contributed by atoms with Crippen molar-refractivity contribution in [2.24, 2.45) is 0 Å². The first-order valence-corrected chi connectivity index (χ1v) is 8.49. The lowest BCUT2D eigenvalue weighted by Gasteiger charge is -2.13. The molecule has 126 valence electrons. The lowest BCUT2D eigenvalue weighted by molar-refractivity contribution is 0.112. The van der Waals surface area contributed by atoms with Crippen LogP contribution in [0.2, 0.25) is 5.02 Å². The van der Waals surface area contributed by atoms with Crippen LogP contribution in [0.25, 0.3) is 11.1 Å². The zero-order valence-corrected chi connectivity index (χ0v) is 15.0. The molecule has 2 nitrogen and oxygen atoms in total. The maximum atomic E-state index is 10.7. The summed E-state index contributed by atoms with van der Waals surface area (Å²) < 4.78 is 5.82. The predicted octanol–water partition coefficient (Wildman–Crippen LogP) is 6.02. The van der Waals surface area contributed by atoms with Crippen molar-refractivity contribution in [1.82, 2.24) is 0 Å². The van der Waals surface area contributed by atoms with E-state index in [1.807, 2.05) is 12.1 Å². The average Bonchev–Trinajstić information content (AvgIpc) is 2.62. The second-order valence-corrected chi connectivity index (χ2v) is 6.46. The summed E-state index contributed by atoms with van der Waals surface area (Å²) in [4.78, 5) is 10.7. The quantitative estimate of drug-likeness (QED) is 0.526. The van der Waals surface area contributed by atoms with Gasteiger partial charge < -0.3 is 4.74 Å². The van der Waals surface area contributed by atoms with Crippen LogP contribution in [0.5, 0.6) is 5.75 Å². The molecule has 0 saturated heterocycles. The van der Waals surface area contributed by atoms with E-state index in [9.17, 15) is 4.79 Å². The van der Waals surface area contributed by atoms with Gasteiger partial charge in [-0.05, 0) is 72.5 Å². The molecule has 0 unspecified atom stereocenters. The van der Waals surface area contributed by atoms with Gasteiger partial charge in [-0.15, -0.1) is 0 Å². The highest BCUT2D eigenvalue weighted by atomic mass is 35.5. The highest BCUT2D eigenvalue weighted by Crippen LogP contribution is 2.30. The minimum Gasteiger partial charge on any atom is -0.489 e. The van der Waals surface area contributed by atoms with Gasteiger partial charge in [0.05, 0.1) is 0 Å². The fourth-order valence-corrected chi connectivity index (χ4v) is 3.09. The number of rotatable bonds is 5. The Morgan fingerprint density at radius 3 is 2.28 bits per heavy atom. The van der Waals surface area contributed by atoms with Crippen molar-refractivity contribution in [1.29, 1.82) is 0 Å².